The van der Waals surface area contributed by atoms with Crippen LogP contribution >= 0.6 is 15.9 Å². The molecule has 0 bridgehead atoms. The Bertz CT molecular complexity index is 388. The van der Waals surface area contributed by atoms with Gasteiger partial charge in [-0.2, -0.15) is 0 Å². The van der Waals surface area contributed by atoms with E-state index in [4.69, 9.17) is 0 Å². The van der Waals surface area contributed by atoms with Crippen molar-refractivity contribution in [1.82, 2.24) is 5.32 Å². The standard InChI is InChI=1S/C12H16BrNO3/c1-7(6-13)8(2)14-12(17)11-9(15)4-3-5-10(11)16/h3-5,7-8,15-16H,6H2,1-2H3,(H,14,17). The fraction of sp³-hybridized carbons (Fsp3) is 0.417. The Labute approximate surface area is 109 Å². The molecule has 0 aliphatic rings. The molecule has 0 aliphatic carbocycles. The van der Waals surface area contributed by atoms with Crippen molar-refractivity contribution >= 4 is 21.8 Å². The highest BCUT2D eigenvalue weighted by atomic mass is 79.9. The van der Waals surface area contributed by atoms with Crippen LogP contribution in [0, 0.1) is 5.92 Å². The molecule has 0 heterocycles. The second kappa shape index (κ2) is 5.91. The topological polar surface area (TPSA) is 69.6 Å². The Kier molecular flexibility index (Phi) is 4.81. The van der Waals surface area contributed by atoms with Gasteiger partial charge in [-0.15, -0.1) is 0 Å². The molecule has 3 N–H and O–H groups in total. The molecule has 17 heavy (non-hydrogen) atoms. The maximum Gasteiger partial charge on any atom is 0.259 e. The Morgan fingerprint density at radius 1 is 1.35 bits per heavy atom. The number of carbonyl (C=O) groups excluding carboxylic acids is 1. The van der Waals surface area contributed by atoms with Crippen molar-refractivity contribution in [3.05, 3.63) is 23.8 Å². The summed E-state index contributed by atoms with van der Waals surface area (Å²) in [6, 6.07) is 4.16. The lowest BCUT2D eigenvalue weighted by atomic mass is 10.1. The van der Waals surface area contributed by atoms with Crippen LogP contribution in [-0.4, -0.2) is 27.5 Å². The van der Waals surface area contributed by atoms with Gasteiger partial charge in [-0.05, 0) is 25.0 Å². The minimum absolute atomic E-state index is 0.0547. The third kappa shape index (κ3) is 3.36. The van der Waals surface area contributed by atoms with Crippen LogP contribution in [0.3, 0.4) is 0 Å². The van der Waals surface area contributed by atoms with E-state index in [1.54, 1.807) is 0 Å². The normalized spacial score (nSPS) is 14.1. The molecule has 4 nitrogen and oxygen atoms in total. The van der Waals surface area contributed by atoms with Crippen LogP contribution in [-0.2, 0) is 0 Å². The van der Waals surface area contributed by atoms with Crippen LogP contribution in [0.5, 0.6) is 11.5 Å². The molecule has 0 aliphatic heterocycles. The molecular formula is C12H16BrNO3. The van der Waals surface area contributed by atoms with Crippen molar-refractivity contribution < 1.29 is 15.0 Å². The lowest BCUT2D eigenvalue weighted by Gasteiger charge is -2.19. The second-order valence-electron chi connectivity index (χ2n) is 4.06. The van der Waals surface area contributed by atoms with Crippen molar-refractivity contribution in [3.63, 3.8) is 0 Å². The summed E-state index contributed by atoms with van der Waals surface area (Å²) in [5.41, 5.74) is -0.0823. The van der Waals surface area contributed by atoms with Gasteiger partial charge in [0.15, 0.2) is 0 Å². The van der Waals surface area contributed by atoms with Gasteiger partial charge in [0.25, 0.3) is 5.91 Å². The quantitative estimate of drug-likeness (QED) is 0.747. The number of rotatable bonds is 4. The minimum atomic E-state index is -0.471. The Balaban J connectivity index is 2.84. The first-order valence-electron chi connectivity index (χ1n) is 5.35. The van der Waals surface area contributed by atoms with Crippen molar-refractivity contribution in [1.29, 1.82) is 0 Å². The van der Waals surface area contributed by atoms with Crippen LogP contribution in [0.15, 0.2) is 18.2 Å². The monoisotopic (exact) mass is 301 g/mol. The first-order valence-corrected chi connectivity index (χ1v) is 6.47. The van der Waals surface area contributed by atoms with Crippen molar-refractivity contribution in [2.75, 3.05) is 5.33 Å². The van der Waals surface area contributed by atoms with Gasteiger partial charge in [-0.1, -0.05) is 28.9 Å². The third-order valence-corrected chi connectivity index (χ3v) is 3.72. The number of halogens is 1. The summed E-state index contributed by atoms with van der Waals surface area (Å²) < 4.78 is 0. The molecule has 1 aromatic carbocycles. The summed E-state index contributed by atoms with van der Waals surface area (Å²) >= 11 is 3.34. The summed E-state index contributed by atoms with van der Waals surface area (Å²) in [4.78, 5) is 11.9. The van der Waals surface area contributed by atoms with Crippen molar-refractivity contribution in [2.24, 2.45) is 5.92 Å². The predicted molar refractivity (Wildman–Crippen MR) is 69.7 cm³/mol. The summed E-state index contributed by atoms with van der Waals surface area (Å²) in [5, 5.41) is 22.6. The fourth-order valence-corrected chi connectivity index (χ4v) is 1.88. The number of phenols is 2. The Morgan fingerprint density at radius 3 is 2.35 bits per heavy atom. The highest BCUT2D eigenvalue weighted by Crippen LogP contribution is 2.26. The molecule has 1 amide bonds. The molecule has 0 fully saturated rings. The second-order valence-corrected chi connectivity index (χ2v) is 4.71. The number of aromatic hydroxyl groups is 2. The molecule has 94 valence electrons. The molecule has 0 saturated heterocycles. The van der Waals surface area contributed by atoms with E-state index >= 15 is 0 Å². The lowest BCUT2D eigenvalue weighted by Crippen LogP contribution is -2.37. The van der Waals surface area contributed by atoms with Gasteiger partial charge < -0.3 is 15.5 Å². The van der Waals surface area contributed by atoms with Crippen LogP contribution in [0.4, 0.5) is 0 Å². The zero-order chi connectivity index (χ0) is 13.0. The van der Waals surface area contributed by atoms with Crippen LogP contribution in [0.1, 0.15) is 24.2 Å². The van der Waals surface area contributed by atoms with Crippen LogP contribution in [0.25, 0.3) is 0 Å². The van der Waals surface area contributed by atoms with Crippen LogP contribution < -0.4 is 5.32 Å². The van der Waals surface area contributed by atoms with E-state index in [2.05, 4.69) is 21.2 Å². The van der Waals surface area contributed by atoms with Crippen molar-refractivity contribution in [3.8, 4) is 11.5 Å². The first kappa shape index (κ1) is 13.8. The van der Waals surface area contributed by atoms with E-state index in [0.717, 1.165) is 5.33 Å². The summed E-state index contributed by atoms with van der Waals surface area (Å²) in [6.07, 6.45) is 0. The molecule has 0 spiro atoms. The number of alkyl halides is 1. The largest absolute Gasteiger partial charge is 0.507 e. The first-order chi connectivity index (χ1) is 7.97. The summed E-state index contributed by atoms with van der Waals surface area (Å²) in [5.74, 6) is -0.657. The third-order valence-electron chi connectivity index (χ3n) is 2.70. The molecular weight excluding hydrogens is 286 g/mol. The maximum atomic E-state index is 11.9. The van der Waals surface area contributed by atoms with Gasteiger partial charge in [-0.3, -0.25) is 4.79 Å². The molecule has 5 heteroatoms. The number of nitrogens with one attached hydrogen (secondary N) is 1. The molecule has 0 radical (unpaired) electrons. The fourth-order valence-electron chi connectivity index (χ4n) is 1.32. The molecule has 1 rings (SSSR count). The van der Waals surface area contributed by atoms with E-state index in [9.17, 15) is 15.0 Å². The number of hydrogen-bond acceptors (Lipinski definition) is 3. The zero-order valence-electron chi connectivity index (χ0n) is 9.77. The van der Waals surface area contributed by atoms with Gasteiger partial charge >= 0.3 is 0 Å². The minimum Gasteiger partial charge on any atom is -0.507 e. The highest BCUT2D eigenvalue weighted by Gasteiger charge is 2.19. The number of amides is 1. The zero-order valence-corrected chi connectivity index (χ0v) is 11.4. The van der Waals surface area contributed by atoms with Gasteiger partial charge in [0.1, 0.15) is 17.1 Å². The van der Waals surface area contributed by atoms with Gasteiger partial charge in [-0.25, -0.2) is 0 Å². The van der Waals surface area contributed by atoms with Crippen molar-refractivity contribution in [2.45, 2.75) is 19.9 Å². The van der Waals surface area contributed by atoms with Gasteiger partial charge in [0.2, 0.25) is 0 Å². The number of carbonyl (C=O) groups is 1. The summed E-state index contributed by atoms with van der Waals surface area (Å²) in [7, 11) is 0. The Hall–Kier alpha value is -1.23. The van der Waals surface area contributed by atoms with E-state index in [1.807, 2.05) is 13.8 Å². The van der Waals surface area contributed by atoms with E-state index < -0.39 is 5.91 Å². The molecule has 0 aromatic heterocycles. The highest BCUT2D eigenvalue weighted by molar-refractivity contribution is 9.09. The predicted octanol–water partition coefficient (Wildman–Crippen LogP) is 2.25. The van der Waals surface area contributed by atoms with E-state index in [-0.39, 0.29) is 29.0 Å². The van der Waals surface area contributed by atoms with E-state index in [1.165, 1.54) is 18.2 Å². The molecule has 2 unspecified atom stereocenters. The van der Waals surface area contributed by atoms with E-state index in [0.29, 0.717) is 0 Å². The van der Waals surface area contributed by atoms with Gasteiger partial charge in [0.05, 0.1) is 0 Å². The molecule has 1 aromatic rings. The van der Waals surface area contributed by atoms with Gasteiger partial charge in [0, 0.05) is 11.4 Å². The van der Waals surface area contributed by atoms with Crippen LogP contribution in [0.2, 0.25) is 0 Å². The average molecular weight is 302 g/mol. The average Bonchev–Trinajstić information content (AvgIpc) is 2.27. The smallest absolute Gasteiger partial charge is 0.259 e. The SMILES string of the molecule is CC(CBr)C(C)NC(=O)c1c(O)cccc1O. The number of hydrogen-bond donors (Lipinski definition) is 3. The lowest BCUT2D eigenvalue weighted by molar-refractivity contribution is 0.0925. The number of benzene rings is 1. The maximum absolute atomic E-state index is 11.9. The Morgan fingerprint density at radius 2 is 1.88 bits per heavy atom. The number of phenolic OH excluding ortho intramolecular Hbond substituents is 2. The summed E-state index contributed by atoms with van der Waals surface area (Å²) in [6.45, 7) is 3.87. The molecule has 2 atom stereocenters. The molecule has 0 saturated carbocycles.